The fourth-order valence-corrected chi connectivity index (χ4v) is 8.33. The molecule has 1 aliphatic heterocycles. The van der Waals surface area contributed by atoms with E-state index < -0.39 is 19.8 Å². The number of pyridine rings is 1. The summed E-state index contributed by atoms with van der Waals surface area (Å²) < 4.78 is 20.4. The van der Waals surface area contributed by atoms with E-state index in [1.54, 1.807) is 24.5 Å². The Kier molecular flexibility index (Phi) is 6.74. The third-order valence-corrected chi connectivity index (χ3v) is 9.90. The van der Waals surface area contributed by atoms with Crippen molar-refractivity contribution in [1.82, 2.24) is 19.9 Å². The van der Waals surface area contributed by atoms with Crippen molar-refractivity contribution < 1.29 is 13.9 Å². The topological polar surface area (TPSA) is 68.2 Å². The van der Waals surface area contributed by atoms with Gasteiger partial charge in [-0.1, -0.05) is 0 Å². The summed E-state index contributed by atoms with van der Waals surface area (Å²) in [5.41, 5.74) is 2.37. The Morgan fingerprint density at radius 3 is 2.66 bits per heavy atom. The fourth-order valence-electron chi connectivity index (χ4n) is 5.43. The Labute approximate surface area is 212 Å². The molecular formula is C27H30FIN4O2. The maximum atomic E-state index is 14.2. The average molecular weight is 588 g/mol. The van der Waals surface area contributed by atoms with Crippen LogP contribution in [-0.4, -0.2) is 59.2 Å². The summed E-state index contributed by atoms with van der Waals surface area (Å²) in [6.07, 6.45) is 6.70. The predicted octanol–water partition coefficient (Wildman–Crippen LogP) is 5.05. The van der Waals surface area contributed by atoms with E-state index in [9.17, 15) is 9.18 Å². The number of amides is 1. The van der Waals surface area contributed by atoms with Gasteiger partial charge in [0.2, 0.25) is 0 Å². The Bertz CT molecular complexity index is 1210. The second-order valence-corrected chi connectivity index (χ2v) is 15.9. The molecule has 0 radical (unpaired) electrons. The van der Waals surface area contributed by atoms with Crippen LogP contribution in [-0.2, 0) is 0 Å². The van der Waals surface area contributed by atoms with Crippen molar-refractivity contribution in [3.8, 4) is 17.3 Å². The van der Waals surface area contributed by atoms with Gasteiger partial charge in [-0.05, 0) is 0 Å². The van der Waals surface area contributed by atoms with Crippen LogP contribution in [0.5, 0.6) is 5.88 Å². The molecule has 1 aromatic carbocycles. The molecule has 0 bridgehead atoms. The molecule has 184 valence electrons. The molecule has 5 rings (SSSR count). The number of rotatable bonds is 7. The Morgan fingerprint density at radius 2 is 2.00 bits per heavy atom. The maximum absolute atomic E-state index is 14.2. The zero-order valence-corrected chi connectivity index (χ0v) is 22.4. The van der Waals surface area contributed by atoms with Crippen LogP contribution in [0.15, 0.2) is 55.0 Å². The normalized spacial score (nSPS) is 23.4. The van der Waals surface area contributed by atoms with Crippen LogP contribution in [0.2, 0.25) is 0 Å². The van der Waals surface area contributed by atoms with E-state index in [0.29, 0.717) is 36.3 Å². The number of likely N-dealkylation sites (tertiary alicyclic amines) is 1. The van der Waals surface area contributed by atoms with Crippen LogP contribution in [0.1, 0.15) is 28.8 Å². The summed E-state index contributed by atoms with van der Waals surface area (Å²) in [7, 11) is 0. The van der Waals surface area contributed by atoms with E-state index in [1.165, 1.54) is 12.3 Å². The van der Waals surface area contributed by atoms with Crippen molar-refractivity contribution in [2.24, 2.45) is 11.3 Å². The standard InChI is InChI=1S/C27H30FIN4O2/c1-18-5-7-20(25-30-11-4-12-31-25)21(13-18)26(34)33-16-27(10-9-22(27)23(33)14-29(2)3)17-35-24-8-6-19(28)15-32-24/h4-8,11-13,15,22-23H,9-10,14,16-17H2,1-3H3/t22?,23?,27-/m0/s1. The molecule has 3 heterocycles. The summed E-state index contributed by atoms with van der Waals surface area (Å²) in [4.78, 5) is 33.9. The van der Waals surface area contributed by atoms with Gasteiger partial charge < -0.3 is 0 Å². The van der Waals surface area contributed by atoms with Crippen LogP contribution >= 0.6 is 19.8 Å². The first-order valence-electron chi connectivity index (χ1n) is 11.8. The first kappa shape index (κ1) is 24.1. The summed E-state index contributed by atoms with van der Waals surface area (Å²) in [6, 6.07) is 10.8. The van der Waals surface area contributed by atoms with Crippen molar-refractivity contribution >= 4 is 25.7 Å². The molecule has 1 saturated heterocycles. The van der Waals surface area contributed by atoms with Crippen molar-refractivity contribution in [2.75, 3.05) is 27.4 Å². The number of ether oxygens (including phenoxy) is 1. The second kappa shape index (κ2) is 9.79. The van der Waals surface area contributed by atoms with E-state index in [0.717, 1.165) is 28.4 Å². The number of alkyl halides is 3. The van der Waals surface area contributed by atoms with Gasteiger partial charge in [0.05, 0.1) is 0 Å². The van der Waals surface area contributed by atoms with Gasteiger partial charge in [-0.3, -0.25) is 0 Å². The van der Waals surface area contributed by atoms with Gasteiger partial charge in [0.25, 0.3) is 0 Å². The summed E-state index contributed by atoms with van der Waals surface area (Å²) in [6.45, 7) is 3.15. The van der Waals surface area contributed by atoms with Gasteiger partial charge in [0.1, 0.15) is 0 Å². The molecule has 3 atom stereocenters. The van der Waals surface area contributed by atoms with Gasteiger partial charge in [-0.25, -0.2) is 0 Å². The van der Waals surface area contributed by atoms with Crippen LogP contribution in [0.25, 0.3) is 11.4 Å². The van der Waals surface area contributed by atoms with E-state index in [2.05, 4.69) is 29.7 Å². The quantitative estimate of drug-likeness (QED) is 0.286. The zero-order chi connectivity index (χ0) is 24.6. The Balaban J connectivity index is 1.45. The van der Waals surface area contributed by atoms with Crippen LogP contribution in [0, 0.1) is 24.1 Å². The molecule has 3 aromatic rings. The fraction of sp³-hybridized carbons (Fsp3) is 0.407. The minimum atomic E-state index is -1.12. The number of benzene rings is 1. The molecular weight excluding hydrogens is 558 g/mol. The van der Waals surface area contributed by atoms with Gasteiger partial charge in [0, 0.05) is 0 Å². The number of nitrogens with zero attached hydrogens (tertiary/aromatic N) is 4. The first-order valence-corrected chi connectivity index (χ1v) is 17.6. The number of hydrogen-bond acceptors (Lipinski definition) is 5. The molecule has 2 aromatic heterocycles. The molecule has 35 heavy (non-hydrogen) atoms. The Hall–Kier alpha value is -2.62. The number of hydrogen-bond donors (Lipinski definition) is 0. The number of fused-ring (bicyclic) bond motifs is 1. The molecule has 1 saturated carbocycles. The summed E-state index contributed by atoms with van der Waals surface area (Å²) in [5, 5.41) is 0. The first-order chi connectivity index (χ1) is 16.9. The zero-order valence-electron chi connectivity index (χ0n) is 20.2. The van der Waals surface area contributed by atoms with Crippen molar-refractivity contribution in [3.63, 3.8) is 0 Å². The minimum absolute atomic E-state index is 0.0487. The molecule has 2 aliphatic rings. The van der Waals surface area contributed by atoms with Crippen molar-refractivity contribution in [3.05, 3.63) is 71.9 Å². The third kappa shape index (κ3) is 4.77. The molecule has 0 spiro atoms. The number of carbonyl (C=O) groups excluding carboxylic acids is 1. The van der Waals surface area contributed by atoms with Gasteiger partial charge in [-0.2, -0.15) is 0 Å². The van der Waals surface area contributed by atoms with Crippen molar-refractivity contribution in [2.45, 2.75) is 25.8 Å². The molecule has 8 heteroatoms. The van der Waals surface area contributed by atoms with Crippen molar-refractivity contribution in [1.29, 1.82) is 0 Å². The molecule has 2 unspecified atom stereocenters. The van der Waals surface area contributed by atoms with Crippen LogP contribution < -0.4 is 4.74 Å². The van der Waals surface area contributed by atoms with Gasteiger partial charge >= 0.3 is 213 Å². The van der Waals surface area contributed by atoms with Gasteiger partial charge in [-0.15, -0.1) is 0 Å². The van der Waals surface area contributed by atoms with E-state index in [1.807, 2.05) is 25.1 Å². The number of carbonyl (C=O) groups is 1. The van der Waals surface area contributed by atoms with Crippen LogP contribution in [0.4, 0.5) is 4.39 Å². The van der Waals surface area contributed by atoms with Crippen LogP contribution in [0.3, 0.4) is 0 Å². The van der Waals surface area contributed by atoms with E-state index in [-0.39, 0.29) is 23.2 Å². The molecule has 1 aliphatic carbocycles. The predicted molar refractivity (Wildman–Crippen MR) is 143 cm³/mol. The Morgan fingerprint density at radius 1 is 1.20 bits per heavy atom. The number of halogens is 2. The number of aryl methyl sites for hydroxylation is 1. The summed E-state index contributed by atoms with van der Waals surface area (Å²) >= 11 is -1.12. The SMILES string of the molecule is Cc1ccc(-c2ncccn2)c(C(=O)N2C[C@]3(COc4ccc(F)cn4)CCC3C2CI(C)C)c1. The molecule has 6 nitrogen and oxygen atoms in total. The molecule has 1 amide bonds. The van der Waals surface area contributed by atoms with Gasteiger partial charge in [0.15, 0.2) is 0 Å². The average Bonchev–Trinajstić information content (AvgIpc) is 3.04. The van der Waals surface area contributed by atoms with E-state index >= 15 is 0 Å². The van der Waals surface area contributed by atoms with E-state index in [4.69, 9.17) is 4.74 Å². The molecule has 0 N–H and O–H groups in total. The molecule has 2 fully saturated rings. The number of aromatic nitrogens is 3. The monoisotopic (exact) mass is 588 g/mol. The third-order valence-electron chi connectivity index (χ3n) is 7.24. The second-order valence-electron chi connectivity index (χ2n) is 9.80. The summed E-state index contributed by atoms with van der Waals surface area (Å²) in [5.74, 6) is 1.07.